The van der Waals surface area contributed by atoms with E-state index in [0.29, 0.717) is 13.2 Å². The lowest BCUT2D eigenvalue weighted by atomic mass is 10.0. The Bertz CT molecular complexity index is 172. The molecule has 3 N–H and O–H groups in total. The lowest BCUT2D eigenvalue weighted by Crippen LogP contribution is -2.50. The van der Waals surface area contributed by atoms with Crippen molar-refractivity contribution >= 4 is 0 Å². The summed E-state index contributed by atoms with van der Waals surface area (Å²) < 4.78 is 15.5. The summed E-state index contributed by atoms with van der Waals surface area (Å²) in [6, 6.07) is 0. The fraction of sp³-hybridized carbons (Fsp3) is 1.00. The number of rotatable bonds is 7. The minimum absolute atomic E-state index is 0.0842. The molecule has 1 fully saturated rings. The average Bonchev–Trinajstić information content (AvgIpc) is 2.64. The summed E-state index contributed by atoms with van der Waals surface area (Å²) in [5.74, 6) is 0. The van der Waals surface area contributed by atoms with Gasteiger partial charge < -0.3 is 25.3 Å². The van der Waals surface area contributed by atoms with Gasteiger partial charge in [0, 0.05) is 33.9 Å². The van der Waals surface area contributed by atoms with Crippen LogP contribution in [0.5, 0.6) is 0 Å². The third kappa shape index (κ3) is 4.44. The first kappa shape index (κ1) is 12.9. The van der Waals surface area contributed by atoms with Gasteiger partial charge in [-0.15, -0.1) is 0 Å². The first-order valence-electron chi connectivity index (χ1n) is 5.29. The van der Waals surface area contributed by atoms with Crippen molar-refractivity contribution in [1.82, 2.24) is 5.32 Å². The van der Waals surface area contributed by atoms with Crippen LogP contribution in [-0.2, 0) is 14.2 Å². The zero-order valence-electron chi connectivity index (χ0n) is 9.62. The highest BCUT2D eigenvalue weighted by atomic mass is 16.5. The molecule has 0 saturated carbocycles. The molecule has 90 valence electrons. The maximum absolute atomic E-state index is 6.10. The van der Waals surface area contributed by atoms with Crippen LogP contribution in [0.3, 0.4) is 0 Å². The second kappa shape index (κ2) is 6.40. The molecule has 0 aliphatic carbocycles. The zero-order valence-corrected chi connectivity index (χ0v) is 9.62. The van der Waals surface area contributed by atoms with E-state index in [-0.39, 0.29) is 11.6 Å². The minimum atomic E-state index is -0.203. The van der Waals surface area contributed by atoms with Crippen molar-refractivity contribution < 1.29 is 14.2 Å². The summed E-state index contributed by atoms with van der Waals surface area (Å²) in [6.07, 6.45) is 1.00. The second-order valence-electron chi connectivity index (χ2n) is 4.11. The fourth-order valence-electron chi connectivity index (χ4n) is 1.64. The van der Waals surface area contributed by atoms with E-state index < -0.39 is 0 Å². The summed E-state index contributed by atoms with van der Waals surface area (Å²) in [5.41, 5.74) is 5.90. The van der Waals surface area contributed by atoms with Gasteiger partial charge in [0.2, 0.25) is 0 Å². The molecular weight excluding hydrogens is 196 g/mol. The molecule has 1 aliphatic heterocycles. The lowest BCUT2D eigenvalue weighted by molar-refractivity contribution is 0.0281. The van der Waals surface area contributed by atoms with Crippen molar-refractivity contribution in [3.05, 3.63) is 0 Å². The molecule has 0 aromatic rings. The van der Waals surface area contributed by atoms with E-state index in [1.807, 2.05) is 0 Å². The van der Waals surface area contributed by atoms with Crippen LogP contribution in [0.4, 0.5) is 0 Å². The molecule has 0 radical (unpaired) electrons. The monoisotopic (exact) mass is 218 g/mol. The molecule has 0 aromatic heterocycles. The molecule has 15 heavy (non-hydrogen) atoms. The summed E-state index contributed by atoms with van der Waals surface area (Å²) in [6.45, 7) is 3.52. The van der Waals surface area contributed by atoms with E-state index in [1.54, 1.807) is 14.2 Å². The molecule has 0 aromatic carbocycles. The Morgan fingerprint density at radius 1 is 1.53 bits per heavy atom. The lowest BCUT2D eigenvalue weighted by Gasteiger charge is -2.23. The van der Waals surface area contributed by atoms with Gasteiger partial charge in [0.1, 0.15) is 0 Å². The van der Waals surface area contributed by atoms with Crippen LogP contribution in [0.25, 0.3) is 0 Å². The van der Waals surface area contributed by atoms with Crippen LogP contribution in [0.2, 0.25) is 0 Å². The van der Waals surface area contributed by atoms with Crippen LogP contribution in [0.15, 0.2) is 0 Å². The van der Waals surface area contributed by atoms with E-state index in [4.69, 9.17) is 19.9 Å². The molecule has 1 rings (SSSR count). The first-order chi connectivity index (χ1) is 7.20. The molecule has 0 spiro atoms. The van der Waals surface area contributed by atoms with E-state index in [0.717, 1.165) is 26.1 Å². The quantitative estimate of drug-likeness (QED) is 0.595. The van der Waals surface area contributed by atoms with E-state index in [9.17, 15) is 0 Å². The molecule has 0 bridgehead atoms. The molecule has 5 heteroatoms. The summed E-state index contributed by atoms with van der Waals surface area (Å²) in [5, 5.41) is 3.29. The molecule has 1 saturated heterocycles. The van der Waals surface area contributed by atoms with Crippen LogP contribution >= 0.6 is 0 Å². The van der Waals surface area contributed by atoms with Crippen LogP contribution in [-0.4, -0.2) is 58.8 Å². The van der Waals surface area contributed by atoms with Gasteiger partial charge in [0.05, 0.1) is 24.9 Å². The first-order valence-corrected chi connectivity index (χ1v) is 5.29. The SMILES string of the molecule is COCC(CNCC1(N)CCOC1)OC. The normalized spacial score (nSPS) is 28.2. The number of hydrogen-bond donors (Lipinski definition) is 2. The van der Waals surface area contributed by atoms with E-state index >= 15 is 0 Å². The van der Waals surface area contributed by atoms with Gasteiger partial charge in [0.15, 0.2) is 0 Å². The van der Waals surface area contributed by atoms with Crippen molar-refractivity contribution in [2.45, 2.75) is 18.1 Å². The standard InChI is InChI=1S/C10H22N2O3/c1-13-6-9(14-2)5-12-7-10(11)3-4-15-8-10/h9,12H,3-8,11H2,1-2H3. The van der Waals surface area contributed by atoms with Gasteiger partial charge in [-0.25, -0.2) is 0 Å². The topological polar surface area (TPSA) is 65.7 Å². The van der Waals surface area contributed by atoms with Gasteiger partial charge >= 0.3 is 0 Å². The predicted molar refractivity (Wildman–Crippen MR) is 57.9 cm³/mol. The Morgan fingerprint density at radius 2 is 2.33 bits per heavy atom. The summed E-state index contributed by atoms with van der Waals surface area (Å²) >= 11 is 0. The van der Waals surface area contributed by atoms with Crippen molar-refractivity contribution in [2.24, 2.45) is 5.73 Å². The molecule has 2 atom stereocenters. The molecule has 1 heterocycles. The number of hydrogen-bond acceptors (Lipinski definition) is 5. The highest BCUT2D eigenvalue weighted by Crippen LogP contribution is 2.13. The maximum atomic E-state index is 6.10. The zero-order chi connectivity index (χ0) is 11.1. The summed E-state index contributed by atoms with van der Waals surface area (Å²) in [4.78, 5) is 0. The molecule has 5 nitrogen and oxygen atoms in total. The number of methoxy groups -OCH3 is 2. The molecule has 1 aliphatic rings. The van der Waals surface area contributed by atoms with Gasteiger partial charge in [-0.3, -0.25) is 0 Å². The Labute approximate surface area is 91.2 Å². The second-order valence-corrected chi connectivity index (χ2v) is 4.11. The number of ether oxygens (including phenoxy) is 3. The smallest absolute Gasteiger partial charge is 0.0928 e. The highest BCUT2D eigenvalue weighted by molar-refractivity contribution is 4.90. The molecular formula is C10H22N2O3. The maximum Gasteiger partial charge on any atom is 0.0928 e. The Hall–Kier alpha value is -0.200. The van der Waals surface area contributed by atoms with Crippen molar-refractivity contribution in [2.75, 3.05) is 47.1 Å². The fourth-order valence-corrected chi connectivity index (χ4v) is 1.64. The third-order valence-corrected chi connectivity index (χ3v) is 2.67. The Balaban J connectivity index is 2.13. The van der Waals surface area contributed by atoms with Gasteiger partial charge in [-0.1, -0.05) is 0 Å². The van der Waals surface area contributed by atoms with Crippen LogP contribution in [0, 0.1) is 0 Å². The minimum Gasteiger partial charge on any atom is -0.382 e. The van der Waals surface area contributed by atoms with E-state index in [1.165, 1.54) is 0 Å². The Kier molecular flexibility index (Phi) is 5.49. The van der Waals surface area contributed by atoms with Crippen LogP contribution in [0.1, 0.15) is 6.42 Å². The highest BCUT2D eigenvalue weighted by Gasteiger charge is 2.29. The summed E-state index contributed by atoms with van der Waals surface area (Å²) in [7, 11) is 3.35. The Morgan fingerprint density at radius 3 is 2.87 bits per heavy atom. The number of nitrogens with one attached hydrogen (secondary N) is 1. The molecule has 2 unspecified atom stereocenters. The van der Waals surface area contributed by atoms with Gasteiger partial charge in [-0.2, -0.15) is 0 Å². The number of nitrogens with two attached hydrogens (primary N) is 1. The average molecular weight is 218 g/mol. The van der Waals surface area contributed by atoms with Crippen LogP contribution < -0.4 is 11.1 Å². The van der Waals surface area contributed by atoms with Crippen molar-refractivity contribution in [3.63, 3.8) is 0 Å². The van der Waals surface area contributed by atoms with Gasteiger partial charge in [0.25, 0.3) is 0 Å². The largest absolute Gasteiger partial charge is 0.382 e. The van der Waals surface area contributed by atoms with Crippen molar-refractivity contribution in [3.8, 4) is 0 Å². The predicted octanol–water partition coefficient (Wildman–Crippen LogP) is -0.645. The molecule has 0 amide bonds. The van der Waals surface area contributed by atoms with E-state index in [2.05, 4.69) is 5.32 Å². The van der Waals surface area contributed by atoms with Crippen molar-refractivity contribution in [1.29, 1.82) is 0 Å². The third-order valence-electron chi connectivity index (χ3n) is 2.67. The van der Waals surface area contributed by atoms with Gasteiger partial charge in [-0.05, 0) is 6.42 Å².